The number of carbonyl (C=O) groups excluding carboxylic acids is 1. The fraction of sp³-hybridized carbons (Fsp3) is 0.519. The second-order valence-electron chi connectivity index (χ2n) is 9.97. The zero-order chi connectivity index (χ0) is 25.5. The van der Waals surface area contributed by atoms with Gasteiger partial charge in [-0.05, 0) is 67.3 Å². The highest BCUT2D eigenvalue weighted by Gasteiger charge is 2.22. The van der Waals surface area contributed by atoms with Crippen LogP contribution in [0.25, 0.3) is 0 Å². The lowest BCUT2D eigenvalue weighted by Gasteiger charge is -2.28. The van der Waals surface area contributed by atoms with E-state index in [1.165, 1.54) is 44.2 Å². The van der Waals surface area contributed by atoms with Crippen LogP contribution in [0.5, 0.6) is 0 Å². The number of benzene rings is 2. The van der Waals surface area contributed by atoms with Gasteiger partial charge in [-0.1, -0.05) is 43.7 Å². The first kappa shape index (κ1) is 26.9. The van der Waals surface area contributed by atoms with Crippen LogP contribution in [0.4, 0.5) is 10.5 Å². The maximum atomic E-state index is 13.3. The second kappa shape index (κ2) is 12.4. The number of nitrogens with zero attached hydrogens (tertiary/aromatic N) is 1. The number of anilines is 1. The lowest BCUT2D eigenvalue weighted by atomic mass is 9.85. The van der Waals surface area contributed by atoms with E-state index in [1.807, 2.05) is 0 Å². The van der Waals surface area contributed by atoms with Crippen molar-refractivity contribution < 1.29 is 13.2 Å². The molecule has 2 aromatic rings. The van der Waals surface area contributed by atoms with E-state index >= 15 is 0 Å². The number of hydrogen-bond acceptors (Lipinski definition) is 5. The Morgan fingerprint density at radius 3 is 2.42 bits per heavy atom. The molecule has 0 spiro atoms. The van der Waals surface area contributed by atoms with Crippen molar-refractivity contribution in [2.75, 3.05) is 31.5 Å². The molecule has 3 N–H and O–H groups in total. The quantitative estimate of drug-likeness (QED) is 0.442. The number of halogens is 1. The van der Waals surface area contributed by atoms with E-state index < -0.39 is 9.84 Å². The number of amides is 2. The standard InChI is InChI=1S/C27H37ClN4O3S/c1-20(17-21-5-3-2-4-6-21)30-19-22-18-25(36(34,35)24-9-7-23(28)8-10-24)11-12-26(22)31-27(33)32-15-13-29-14-16-32/h7-12,18,20-21,29-30H,2-6,13-17,19H2,1H3,(H,31,33). The van der Waals surface area contributed by atoms with Gasteiger partial charge in [0.1, 0.15) is 0 Å². The van der Waals surface area contributed by atoms with Crippen molar-refractivity contribution in [1.82, 2.24) is 15.5 Å². The molecule has 196 valence electrons. The highest BCUT2D eigenvalue weighted by Crippen LogP contribution is 2.29. The topological polar surface area (TPSA) is 90.5 Å². The average molecular weight is 533 g/mol. The molecule has 1 aliphatic heterocycles. The average Bonchev–Trinajstić information content (AvgIpc) is 2.89. The largest absolute Gasteiger partial charge is 0.322 e. The highest BCUT2D eigenvalue weighted by atomic mass is 35.5. The van der Waals surface area contributed by atoms with Gasteiger partial charge in [-0.3, -0.25) is 0 Å². The molecule has 1 unspecified atom stereocenters. The van der Waals surface area contributed by atoms with Gasteiger partial charge in [-0.25, -0.2) is 13.2 Å². The Morgan fingerprint density at radius 1 is 1.06 bits per heavy atom. The molecular weight excluding hydrogens is 496 g/mol. The van der Waals surface area contributed by atoms with Crippen LogP contribution in [0, 0.1) is 5.92 Å². The number of carbonyl (C=O) groups is 1. The minimum absolute atomic E-state index is 0.165. The van der Waals surface area contributed by atoms with Gasteiger partial charge in [-0.15, -0.1) is 0 Å². The zero-order valence-corrected chi connectivity index (χ0v) is 22.5. The summed E-state index contributed by atoms with van der Waals surface area (Å²) in [5.74, 6) is 0.741. The first-order chi connectivity index (χ1) is 17.3. The van der Waals surface area contributed by atoms with E-state index in [0.717, 1.165) is 31.0 Å². The Hall–Kier alpha value is -2.13. The first-order valence-electron chi connectivity index (χ1n) is 13.0. The molecule has 36 heavy (non-hydrogen) atoms. The van der Waals surface area contributed by atoms with Crippen LogP contribution in [-0.2, 0) is 16.4 Å². The van der Waals surface area contributed by atoms with Crippen LogP contribution in [0.3, 0.4) is 0 Å². The van der Waals surface area contributed by atoms with Crippen molar-refractivity contribution in [2.45, 2.75) is 67.8 Å². The van der Waals surface area contributed by atoms with Gasteiger partial charge in [0.25, 0.3) is 0 Å². The molecular formula is C27H37ClN4O3S. The summed E-state index contributed by atoms with van der Waals surface area (Å²) in [4.78, 5) is 15.1. The molecule has 0 aromatic heterocycles. The Kier molecular flexibility index (Phi) is 9.28. The zero-order valence-electron chi connectivity index (χ0n) is 20.9. The second-order valence-corrected chi connectivity index (χ2v) is 12.4. The van der Waals surface area contributed by atoms with Crippen molar-refractivity contribution in [1.29, 1.82) is 0 Å². The van der Waals surface area contributed by atoms with Crippen LogP contribution in [-0.4, -0.2) is 51.6 Å². The third kappa shape index (κ3) is 7.00. The van der Waals surface area contributed by atoms with E-state index in [-0.39, 0.29) is 15.8 Å². The normalized spacial score (nSPS) is 18.1. The lowest BCUT2D eigenvalue weighted by molar-refractivity contribution is 0.204. The lowest BCUT2D eigenvalue weighted by Crippen LogP contribution is -2.48. The summed E-state index contributed by atoms with van der Waals surface area (Å²) in [5, 5.41) is 10.3. The monoisotopic (exact) mass is 532 g/mol. The Morgan fingerprint density at radius 2 is 1.72 bits per heavy atom. The van der Waals surface area contributed by atoms with Crippen molar-refractivity contribution in [3.05, 3.63) is 53.1 Å². The summed E-state index contributed by atoms with van der Waals surface area (Å²) < 4.78 is 26.6. The molecule has 4 rings (SSSR count). The van der Waals surface area contributed by atoms with Crippen molar-refractivity contribution in [3.8, 4) is 0 Å². The van der Waals surface area contributed by atoms with Gasteiger partial charge in [0, 0.05) is 49.5 Å². The van der Waals surface area contributed by atoms with Crippen molar-refractivity contribution >= 4 is 33.2 Å². The number of hydrogen-bond donors (Lipinski definition) is 3. The SMILES string of the molecule is CC(CC1CCCCC1)NCc1cc(S(=O)(=O)c2ccc(Cl)cc2)ccc1NC(=O)N1CCNCC1. The van der Waals surface area contributed by atoms with E-state index in [4.69, 9.17) is 11.6 Å². The molecule has 9 heteroatoms. The number of rotatable bonds is 8. The maximum Gasteiger partial charge on any atom is 0.321 e. The molecule has 2 aromatic carbocycles. The summed E-state index contributed by atoms with van der Waals surface area (Å²) in [6, 6.07) is 11.2. The summed E-state index contributed by atoms with van der Waals surface area (Å²) in [6.45, 7) is 5.45. The van der Waals surface area contributed by atoms with Gasteiger partial charge >= 0.3 is 6.03 Å². The molecule has 1 saturated carbocycles. The minimum Gasteiger partial charge on any atom is -0.322 e. The highest BCUT2D eigenvalue weighted by molar-refractivity contribution is 7.91. The number of sulfone groups is 1. The van der Waals surface area contributed by atoms with Gasteiger partial charge < -0.3 is 20.9 Å². The van der Waals surface area contributed by atoms with Crippen molar-refractivity contribution in [2.24, 2.45) is 5.92 Å². The Balaban J connectivity index is 1.54. The molecule has 2 amide bonds. The predicted octanol–water partition coefficient (Wildman–Crippen LogP) is 5.06. The molecule has 0 bridgehead atoms. The fourth-order valence-corrected chi connectivity index (χ4v) is 6.54. The molecule has 0 radical (unpaired) electrons. The van der Waals surface area contributed by atoms with E-state index in [1.54, 1.807) is 35.2 Å². The summed E-state index contributed by atoms with van der Waals surface area (Å²) >= 11 is 5.96. The van der Waals surface area contributed by atoms with E-state index in [0.29, 0.717) is 36.4 Å². The minimum atomic E-state index is -3.72. The van der Waals surface area contributed by atoms with Crippen LogP contribution in [0.15, 0.2) is 52.3 Å². The molecule has 2 aliphatic rings. The maximum absolute atomic E-state index is 13.3. The van der Waals surface area contributed by atoms with Gasteiger partial charge in [0.05, 0.1) is 9.79 Å². The third-order valence-corrected chi connectivity index (χ3v) is 9.23. The van der Waals surface area contributed by atoms with E-state index in [9.17, 15) is 13.2 Å². The predicted molar refractivity (Wildman–Crippen MR) is 144 cm³/mol. The van der Waals surface area contributed by atoms with E-state index in [2.05, 4.69) is 22.9 Å². The van der Waals surface area contributed by atoms with Gasteiger partial charge in [0.15, 0.2) is 0 Å². The fourth-order valence-electron chi connectivity index (χ4n) is 5.11. The van der Waals surface area contributed by atoms with Crippen LogP contribution >= 0.6 is 11.6 Å². The van der Waals surface area contributed by atoms with Crippen LogP contribution in [0.1, 0.15) is 51.0 Å². The number of urea groups is 1. The Labute approximate surface area is 219 Å². The van der Waals surface area contributed by atoms with Crippen LogP contribution in [0.2, 0.25) is 5.02 Å². The number of piperazine rings is 1. The summed E-state index contributed by atoms with van der Waals surface area (Å²) in [7, 11) is -3.72. The summed E-state index contributed by atoms with van der Waals surface area (Å²) in [5.41, 5.74) is 1.38. The molecule has 1 heterocycles. The molecule has 1 aliphatic carbocycles. The third-order valence-electron chi connectivity index (χ3n) is 7.21. The van der Waals surface area contributed by atoms with Crippen LogP contribution < -0.4 is 16.0 Å². The number of nitrogens with one attached hydrogen (secondary N) is 3. The van der Waals surface area contributed by atoms with Gasteiger partial charge in [-0.2, -0.15) is 0 Å². The Bertz CT molecular complexity index is 1130. The van der Waals surface area contributed by atoms with Crippen molar-refractivity contribution in [3.63, 3.8) is 0 Å². The molecule has 1 atom stereocenters. The smallest absolute Gasteiger partial charge is 0.321 e. The molecule has 2 fully saturated rings. The van der Waals surface area contributed by atoms with Gasteiger partial charge in [0.2, 0.25) is 9.84 Å². The summed E-state index contributed by atoms with van der Waals surface area (Å²) in [6.07, 6.45) is 7.63. The molecule has 1 saturated heterocycles. The first-order valence-corrected chi connectivity index (χ1v) is 14.8. The molecule has 7 nitrogen and oxygen atoms in total.